The molecule has 0 unspecified atom stereocenters. The van der Waals surface area contributed by atoms with Crippen LogP contribution in [0.1, 0.15) is 97.8 Å². The Bertz CT molecular complexity index is 2150. The molecule has 0 radical (unpaired) electrons. The van der Waals surface area contributed by atoms with Crippen LogP contribution < -0.4 is 0 Å². The molecular formula is C40H33NO. The van der Waals surface area contributed by atoms with Gasteiger partial charge in [-0.15, -0.1) is 0 Å². The summed E-state index contributed by atoms with van der Waals surface area (Å²) in [4.78, 5) is 12.2. The third-order valence-electron chi connectivity index (χ3n) is 10.8. The van der Waals surface area contributed by atoms with Crippen molar-refractivity contribution in [2.75, 3.05) is 0 Å². The van der Waals surface area contributed by atoms with Gasteiger partial charge >= 0.3 is 0 Å². The van der Waals surface area contributed by atoms with Crippen LogP contribution in [-0.4, -0.2) is 5.78 Å². The number of carbonyl (C=O) groups is 1. The summed E-state index contributed by atoms with van der Waals surface area (Å²) in [5, 5.41) is 12.2. The Morgan fingerprint density at radius 1 is 0.571 bits per heavy atom. The number of nitriles is 1. The van der Waals surface area contributed by atoms with Crippen LogP contribution in [-0.2, 0) is 16.2 Å². The summed E-state index contributed by atoms with van der Waals surface area (Å²) in [6, 6.07) is 29.0. The lowest BCUT2D eigenvalue weighted by molar-refractivity contribution is 0.101. The minimum absolute atomic E-state index is 0.106. The highest BCUT2D eigenvalue weighted by Crippen LogP contribution is 2.60. The van der Waals surface area contributed by atoms with Crippen LogP contribution in [0.25, 0.3) is 44.2 Å². The maximum Gasteiger partial charge on any atom is 0.159 e. The molecule has 0 amide bonds. The van der Waals surface area contributed by atoms with E-state index in [0.29, 0.717) is 0 Å². The van der Waals surface area contributed by atoms with E-state index in [9.17, 15) is 10.1 Å². The van der Waals surface area contributed by atoms with Gasteiger partial charge in [0.05, 0.1) is 11.6 Å². The first-order valence-corrected chi connectivity index (χ1v) is 14.9. The summed E-state index contributed by atoms with van der Waals surface area (Å²) in [7, 11) is 0. The summed E-state index contributed by atoms with van der Waals surface area (Å²) < 4.78 is 0. The average molecular weight is 544 g/mol. The quantitative estimate of drug-likeness (QED) is 0.197. The molecule has 3 aliphatic rings. The molecule has 0 atom stereocenters. The van der Waals surface area contributed by atoms with Gasteiger partial charge in [-0.2, -0.15) is 5.26 Å². The maximum absolute atomic E-state index is 12.2. The van der Waals surface area contributed by atoms with Gasteiger partial charge < -0.3 is 0 Å². The molecule has 0 N–H and O–H groups in total. The summed E-state index contributed by atoms with van der Waals surface area (Å²) in [6.07, 6.45) is 0. The van der Waals surface area contributed by atoms with Crippen molar-refractivity contribution >= 4 is 16.6 Å². The van der Waals surface area contributed by atoms with Gasteiger partial charge in [-0.3, -0.25) is 4.79 Å². The number of carbonyl (C=O) groups excluding carboxylic acids is 1. The molecule has 204 valence electrons. The molecule has 0 aromatic heterocycles. The number of hydrogen-bond donors (Lipinski definition) is 0. The van der Waals surface area contributed by atoms with E-state index >= 15 is 0 Å². The van der Waals surface area contributed by atoms with E-state index in [0.717, 1.165) is 21.9 Å². The topological polar surface area (TPSA) is 40.9 Å². The third-order valence-corrected chi connectivity index (χ3v) is 10.8. The fourth-order valence-corrected chi connectivity index (χ4v) is 8.34. The van der Waals surface area contributed by atoms with Gasteiger partial charge in [0.2, 0.25) is 0 Å². The van der Waals surface area contributed by atoms with E-state index in [1.54, 1.807) is 6.92 Å². The third kappa shape index (κ3) is 2.87. The van der Waals surface area contributed by atoms with Gasteiger partial charge in [-0.25, -0.2) is 0 Å². The molecule has 3 aliphatic carbocycles. The molecule has 0 heterocycles. The number of benzene rings is 5. The predicted molar refractivity (Wildman–Crippen MR) is 171 cm³/mol. The van der Waals surface area contributed by atoms with Gasteiger partial charge in [0.15, 0.2) is 5.78 Å². The average Bonchev–Trinajstić information content (AvgIpc) is 3.43. The number of fused-ring (bicyclic) bond motifs is 11. The smallest absolute Gasteiger partial charge is 0.159 e. The Labute approximate surface area is 247 Å². The Morgan fingerprint density at radius 3 is 1.62 bits per heavy atom. The normalized spacial score (nSPS) is 17.1. The zero-order chi connectivity index (χ0) is 29.5. The minimum Gasteiger partial charge on any atom is -0.295 e. The van der Waals surface area contributed by atoms with Gasteiger partial charge in [0, 0.05) is 27.2 Å². The number of nitrogens with zero attached hydrogens (tertiary/aromatic N) is 1. The molecule has 0 saturated carbocycles. The highest BCUT2D eigenvalue weighted by molar-refractivity contribution is 6.06. The van der Waals surface area contributed by atoms with Crippen molar-refractivity contribution in [3.8, 4) is 39.4 Å². The maximum atomic E-state index is 12.2. The highest BCUT2D eigenvalue weighted by atomic mass is 16.1. The van der Waals surface area contributed by atoms with Crippen molar-refractivity contribution < 1.29 is 4.79 Å². The molecule has 0 spiro atoms. The van der Waals surface area contributed by atoms with E-state index in [4.69, 9.17) is 0 Å². The fraction of sp³-hybridized carbons (Fsp3) is 0.250. The van der Waals surface area contributed by atoms with Crippen molar-refractivity contribution in [1.29, 1.82) is 5.26 Å². The second-order valence-corrected chi connectivity index (χ2v) is 14.1. The van der Waals surface area contributed by atoms with Crippen molar-refractivity contribution in [2.45, 2.75) is 64.7 Å². The monoisotopic (exact) mass is 543 g/mol. The first kappa shape index (κ1) is 25.2. The van der Waals surface area contributed by atoms with E-state index in [1.165, 1.54) is 66.8 Å². The highest BCUT2D eigenvalue weighted by Gasteiger charge is 2.45. The van der Waals surface area contributed by atoms with E-state index < -0.39 is 0 Å². The van der Waals surface area contributed by atoms with Gasteiger partial charge in [-0.1, -0.05) is 77.9 Å². The van der Waals surface area contributed by atoms with E-state index in [2.05, 4.69) is 108 Å². The number of Topliss-reactive ketones (excluding diaryl/α,β-unsaturated/α-hetero) is 1. The summed E-state index contributed by atoms with van der Waals surface area (Å²) >= 11 is 0. The zero-order valence-corrected chi connectivity index (χ0v) is 25.3. The van der Waals surface area contributed by atoms with Crippen molar-refractivity contribution in [3.63, 3.8) is 0 Å². The Hall–Kier alpha value is -4.48. The largest absolute Gasteiger partial charge is 0.295 e. The lowest BCUT2D eigenvalue weighted by Crippen LogP contribution is -2.17. The molecule has 0 aliphatic heterocycles. The minimum atomic E-state index is -0.225. The van der Waals surface area contributed by atoms with E-state index in [-0.39, 0.29) is 22.0 Å². The second kappa shape index (κ2) is 7.67. The van der Waals surface area contributed by atoms with Crippen molar-refractivity contribution in [1.82, 2.24) is 0 Å². The van der Waals surface area contributed by atoms with Crippen LogP contribution in [0.5, 0.6) is 0 Å². The van der Waals surface area contributed by atoms with Crippen LogP contribution in [0.4, 0.5) is 0 Å². The lowest BCUT2D eigenvalue weighted by atomic mass is 9.78. The number of ketones is 1. The summed E-state index contributed by atoms with van der Waals surface area (Å²) in [5.74, 6) is 0.106. The molecule has 42 heavy (non-hydrogen) atoms. The predicted octanol–water partition coefficient (Wildman–Crippen LogP) is 9.83. The van der Waals surface area contributed by atoms with Crippen LogP contribution in [0.3, 0.4) is 0 Å². The van der Waals surface area contributed by atoms with Gasteiger partial charge in [0.25, 0.3) is 0 Å². The first-order valence-electron chi connectivity index (χ1n) is 14.9. The first-order chi connectivity index (χ1) is 19.9. The summed E-state index contributed by atoms with van der Waals surface area (Å²) in [6.45, 7) is 15.5. The molecule has 5 aromatic rings. The fourth-order valence-electron chi connectivity index (χ4n) is 8.34. The Kier molecular flexibility index (Phi) is 4.61. The van der Waals surface area contributed by atoms with E-state index in [1.807, 2.05) is 12.1 Å². The molecule has 5 aromatic carbocycles. The molecule has 2 heteroatoms. The van der Waals surface area contributed by atoms with Gasteiger partial charge in [0.1, 0.15) is 0 Å². The molecule has 8 rings (SSSR count). The summed E-state index contributed by atoms with van der Waals surface area (Å²) in [5.41, 5.74) is 16.5. The van der Waals surface area contributed by atoms with Crippen LogP contribution >= 0.6 is 0 Å². The van der Waals surface area contributed by atoms with Crippen molar-refractivity contribution in [3.05, 3.63) is 117 Å². The van der Waals surface area contributed by atoms with Crippen LogP contribution in [0.15, 0.2) is 72.8 Å². The number of rotatable bonds is 1. The molecule has 0 bridgehead atoms. The molecule has 0 fully saturated rings. The molecular weight excluding hydrogens is 510 g/mol. The number of hydrogen-bond acceptors (Lipinski definition) is 2. The van der Waals surface area contributed by atoms with Gasteiger partial charge in [-0.05, 0) is 115 Å². The standard InChI is InChI=1S/C40H33NO/c1-21(42)22-12-13-25-27-16-33-28(17-32(27)38(2,3)31(25)14-22)29-18-35-30(19-34(29)39(33,4)5)37-26-11-9-8-10-24(26)23(20-41)15-36(37)40(35,6)7/h8-19H,1-7H3. The second-order valence-electron chi connectivity index (χ2n) is 14.1. The van der Waals surface area contributed by atoms with Crippen LogP contribution in [0.2, 0.25) is 0 Å². The van der Waals surface area contributed by atoms with Crippen LogP contribution in [0, 0.1) is 11.3 Å². The molecule has 2 nitrogen and oxygen atoms in total. The Morgan fingerprint density at radius 2 is 1.05 bits per heavy atom. The van der Waals surface area contributed by atoms with Crippen molar-refractivity contribution in [2.24, 2.45) is 0 Å². The zero-order valence-electron chi connectivity index (χ0n) is 25.3. The SMILES string of the molecule is CC(=O)c1ccc2c(c1)C(C)(C)c1cc3c(cc1-2)C(C)(C)c1cc2c(cc1-3)C(C)(C)c1cc(C#N)c3ccccc3c1-2. The lowest BCUT2D eigenvalue weighted by Gasteiger charge is -2.24. The Balaban J connectivity index is 1.39. The molecule has 0 saturated heterocycles.